The predicted octanol–water partition coefficient (Wildman–Crippen LogP) is 2.61. The molecule has 0 aliphatic rings. The highest BCUT2D eigenvalue weighted by Crippen LogP contribution is 2.27. The molecular formula is C19H21N5O3. The molecule has 3 aromatic rings. The molecule has 140 valence electrons. The molecule has 0 saturated heterocycles. The van der Waals surface area contributed by atoms with Crippen LogP contribution in [0.4, 0.5) is 5.82 Å². The van der Waals surface area contributed by atoms with E-state index >= 15 is 0 Å². The summed E-state index contributed by atoms with van der Waals surface area (Å²) in [5.74, 6) is 1.70. The fourth-order valence-electron chi connectivity index (χ4n) is 2.61. The largest absolute Gasteiger partial charge is 0.493 e. The van der Waals surface area contributed by atoms with Gasteiger partial charge in [-0.05, 0) is 44.5 Å². The third kappa shape index (κ3) is 4.41. The monoisotopic (exact) mass is 367 g/mol. The minimum Gasteiger partial charge on any atom is -0.493 e. The molecule has 0 atom stereocenters. The molecule has 0 radical (unpaired) electrons. The topological polar surface area (TPSA) is 91.2 Å². The van der Waals surface area contributed by atoms with Crippen LogP contribution in [0.15, 0.2) is 36.7 Å². The van der Waals surface area contributed by atoms with Crippen LogP contribution in [0.5, 0.6) is 11.5 Å². The first-order chi connectivity index (χ1) is 13.0. The fourth-order valence-corrected chi connectivity index (χ4v) is 2.61. The van der Waals surface area contributed by atoms with Crippen molar-refractivity contribution in [3.05, 3.63) is 53.6 Å². The first-order valence-electron chi connectivity index (χ1n) is 8.39. The lowest BCUT2D eigenvalue weighted by Crippen LogP contribution is -2.21. The summed E-state index contributed by atoms with van der Waals surface area (Å²) in [7, 11) is 1.56. The number of ether oxygens (including phenoxy) is 2. The van der Waals surface area contributed by atoms with Crippen LogP contribution in [-0.4, -0.2) is 39.4 Å². The van der Waals surface area contributed by atoms with Crippen LogP contribution in [0.2, 0.25) is 0 Å². The second-order valence-electron chi connectivity index (χ2n) is 6.09. The van der Waals surface area contributed by atoms with E-state index < -0.39 is 0 Å². The van der Waals surface area contributed by atoms with E-state index in [-0.39, 0.29) is 12.5 Å². The highest BCUT2D eigenvalue weighted by molar-refractivity contribution is 5.91. The van der Waals surface area contributed by atoms with Gasteiger partial charge in [0.05, 0.1) is 12.8 Å². The van der Waals surface area contributed by atoms with Crippen LogP contribution in [0.3, 0.4) is 0 Å². The Morgan fingerprint density at radius 3 is 2.63 bits per heavy atom. The lowest BCUT2D eigenvalue weighted by atomic mass is 10.2. The third-order valence-corrected chi connectivity index (χ3v) is 3.82. The van der Waals surface area contributed by atoms with E-state index in [4.69, 9.17) is 9.47 Å². The number of anilines is 1. The second-order valence-corrected chi connectivity index (χ2v) is 6.09. The van der Waals surface area contributed by atoms with Crippen molar-refractivity contribution in [2.24, 2.45) is 0 Å². The van der Waals surface area contributed by atoms with Gasteiger partial charge in [-0.15, -0.1) is 0 Å². The summed E-state index contributed by atoms with van der Waals surface area (Å²) in [6, 6.07) is 9.11. The van der Waals surface area contributed by atoms with Gasteiger partial charge >= 0.3 is 0 Å². The van der Waals surface area contributed by atoms with Gasteiger partial charge in [0, 0.05) is 11.8 Å². The second kappa shape index (κ2) is 7.86. The summed E-state index contributed by atoms with van der Waals surface area (Å²) in [5, 5.41) is 7.08. The van der Waals surface area contributed by atoms with Crippen LogP contribution in [-0.2, 0) is 4.79 Å². The van der Waals surface area contributed by atoms with Gasteiger partial charge in [-0.3, -0.25) is 4.79 Å². The van der Waals surface area contributed by atoms with E-state index in [1.807, 2.05) is 39.0 Å². The lowest BCUT2D eigenvalue weighted by Gasteiger charge is -2.11. The Morgan fingerprint density at radius 2 is 1.93 bits per heavy atom. The molecule has 1 N–H and O–H groups in total. The number of benzene rings is 1. The number of aryl methyl sites for hydroxylation is 3. The van der Waals surface area contributed by atoms with Crippen LogP contribution >= 0.6 is 0 Å². The molecule has 0 spiro atoms. The zero-order valence-electron chi connectivity index (χ0n) is 15.7. The number of amides is 1. The van der Waals surface area contributed by atoms with Gasteiger partial charge in [-0.1, -0.05) is 6.07 Å². The molecule has 0 aliphatic carbocycles. The number of nitrogens with zero attached hydrogens (tertiary/aromatic N) is 4. The molecule has 0 fully saturated rings. The molecule has 1 aromatic carbocycles. The summed E-state index contributed by atoms with van der Waals surface area (Å²) in [5.41, 5.74) is 2.87. The van der Waals surface area contributed by atoms with Crippen molar-refractivity contribution < 1.29 is 14.3 Å². The number of carbonyl (C=O) groups is 1. The highest BCUT2D eigenvalue weighted by Gasteiger charge is 2.11. The maximum Gasteiger partial charge on any atom is 0.263 e. The molecule has 27 heavy (non-hydrogen) atoms. The smallest absolute Gasteiger partial charge is 0.263 e. The summed E-state index contributed by atoms with van der Waals surface area (Å²) in [6.07, 6.45) is 1.38. The van der Waals surface area contributed by atoms with Gasteiger partial charge in [0.25, 0.3) is 5.91 Å². The van der Waals surface area contributed by atoms with E-state index in [2.05, 4.69) is 20.4 Å². The Hall–Kier alpha value is -3.42. The summed E-state index contributed by atoms with van der Waals surface area (Å²) >= 11 is 0. The average Bonchev–Trinajstić information content (AvgIpc) is 2.99. The Kier molecular flexibility index (Phi) is 5.35. The molecule has 1 amide bonds. The third-order valence-electron chi connectivity index (χ3n) is 3.82. The quantitative estimate of drug-likeness (QED) is 0.720. The van der Waals surface area contributed by atoms with Gasteiger partial charge in [-0.2, -0.15) is 5.10 Å². The molecule has 3 rings (SSSR count). The van der Waals surface area contributed by atoms with Crippen molar-refractivity contribution in [3.63, 3.8) is 0 Å². The Morgan fingerprint density at radius 1 is 1.11 bits per heavy atom. The van der Waals surface area contributed by atoms with Crippen molar-refractivity contribution in [3.8, 4) is 17.3 Å². The van der Waals surface area contributed by atoms with E-state index in [0.29, 0.717) is 23.1 Å². The molecular weight excluding hydrogens is 346 g/mol. The Bertz CT molecular complexity index is 968. The van der Waals surface area contributed by atoms with Gasteiger partial charge in [-0.25, -0.2) is 14.6 Å². The normalized spacial score (nSPS) is 10.5. The van der Waals surface area contributed by atoms with Crippen LogP contribution in [0.1, 0.15) is 17.0 Å². The van der Waals surface area contributed by atoms with E-state index in [1.54, 1.807) is 23.9 Å². The molecule has 2 aromatic heterocycles. The SMILES string of the molecule is COc1cc(C)ccc1OCC(=O)Nc1cc(-n2nc(C)cc2C)ncn1. The number of carbonyl (C=O) groups excluding carboxylic acids is 1. The van der Waals surface area contributed by atoms with Crippen LogP contribution in [0, 0.1) is 20.8 Å². The maximum absolute atomic E-state index is 12.2. The summed E-state index contributed by atoms with van der Waals surface area (Å²) < 4.78 is 12.5. The van der Waals surface area contributed by atoms with Crippen molar-refractivity contribution >= 4 is 11.7 Å². The molecule has 8 nitrogen and oxygen atoms in total. The number of aromatic nitrogens is 4. The number of hydrogen-bond donors (Lipinski definition) is 1. The van der Waals surface area contributed by atoms with E-state index in [1.165, 1.54) is 6.33 Å². The Labute approximate surface area is 157 Å². The van der Waals surface area contributed by atoms with Crippen LogP contribution < -0.4 is 14.8 Å². The lowest BCUT2D eigenvalue weighted by molar-refractivity contribution is -0.118. The molecule has 0 aliphatic heterocycles. The summed E-state index contributed by atoms with van der Waals surface area (Å²) in [6.45, 7) is 5.63. The van der Waals surface area contributed by atoms with E-state index in [0.717, 1.165) is 17.0 Å². The van der Waals surface area contributed by atoms with Gasteiger partial charge in [0.15, 0.2) is 23.9 Å². The molecule has 8 heteroatoms. The molecule has 0 bridgehead atoms. The van der Waals surface area contributed by atoms with Gasteiger partial charge < -0.3 is 14.8 Å². The van der Waals surface area contributed by atoms with E-state index in [9.17, 15) is 4.79 Å². The highest BCUT2D eigenvalue weighted by atomic mass is 16.5. The predicted molar refractivity (Wildman–Crippen MR) is 100 cm³/mol. The maximum atomic E-state index is 12.2. The molecule has 0 saturated carbocycles. The fraction of sp³-hybridized carbons (Fsp3) is 0.263. The van der Waals surface area contributed by atoms with Crippen molar-refractivity contribution in [2.75, 3.05) is 19.0 Å². The zero-order chi connectivity index (χ0) is 19.4. The number of hydrogen-bond acceptors (Lipinski definition) is 6. The van der Waals surface area contributed by atoms with Crippen molar-refractivity contribution in [2.45, 2.75) is 20.8 Å². The van der Waals surface area contributed by atoms with Crippen molar-refractivity contribution in [1.82, 2.24) is 19.7 Å². The minimum atomic E-state index is -0.337. The van der Waals surface area contributed by atoms with Gasteiger partial charge in [0.2, 0.25) is 0 Å². The number of nitrogens with one attached hydrogen (secondary N) is 1. The molecule has 0 unspecified atom stereocenters. The summed E-state index contributed by atoms with van der Waals surface area (Å²) in [4.78, 5) is 20.5. The van der Waals surface area contributed by atoms with Gasteiger partial charge in [0.1, 0.15) is 12.1 Å². The van der Waals surface area contributed by atoms with Crippen molar-refractivity contribution in [1.29, 1.82) is 0 Å². The standard InChI is InChI=1S/C19H21N5O3/c1-12-5-6-15(16(7-12)26-4)27-10-19(25)22-17-9-18(21-11-20-17)24-14(3)8-13(2)23-24/h5-9,11H,10H2,1-4H3,(H,20,21,22,25). The Balaban J connectivity index is 1.66. The first kappa shape index (κ1) is 18.4. The number of rotatable bonds is 6. The van der Waals surface area contributed by atoms with Crippen LogP contribution in [0.25, 0.3) is 5.82 Å². The molecule has 2 heterocycles. The number of methoxy groups -OCH3 is 1. The average molecular weight is 367 g/mol. The zero-order valence-corrected chi connectivity index (χ0v) is 15.7. The first-order valence-corrected chi connectivity index (χ1v) is 8.39. The minimum absolute atomic E-state index is 0.168.